The summed E-state index contributed by atoms with van der Waals surface area (Å²) in [5.41, 5.74) is 3.71. The lowest BCUT2D eigenvalue weighted by atomic mass is 10.2. The van der Waals surface area contributed by atoms with Gasteiger partial charge >= 0.3 is 0 Å². The van der Waals surface area contributed by atoms with E-state index in [0.29, 0.717) is 16.0 Å². The Morgan fingerprint density at radius 2 is 1.74 bits per heavy atom. The Morgan fingerprint density at radius 3 is 2.45 bits per heavy atom. The van der Waals surface area contributed by atoms with Crippen LogP contribution in [-0.4, -0.2) is 26.4 Å². The number of hydrogen-bond donors (Lipinski definition) is 1. The molecule has 0 spiro atoms. The Morgan fingerprint density at radius 1 is 1.03 bits per heavy atom. The molecule has 0 saturated carbocycles. The maximum absolute atomic E-state index is 12.5. The minimum Gasteiger partial charge on any atom is -0.324 e. The molecule has 0 aliphatic heterocycles. The number of hydrogen-bond acceptors (Lipinski definition) is 4. The summed E-state index contributed by atoms with van der Waals surface area (Å²) in [5, 5.41) is 13.0. The van der Waals surface area contributed by atoms with Crippen molar-refractivity contribution < 1.29 is 4.79 Å². The number of aromatic nitrogens is 3. The fourth-order valence-corrected chi connectivity index (χ4v) is 4.22. The second-order valence-electron chi connectivity index (χ2n) is 6.80. The van der Waals surface area contributed by atoms with Crippen molar-refractivity contribution in [1.82, 2.24) is 14.8 Å². The van der Waals surface area contributed by atoms with Crippen LogP contribution in [-0.2, 0) is 4.79 Å². The normalized spacial score (nSPS) is 10.8. The lowest BCUT2D eigenvalue weighted by Gasteiger charge is -2.11. The monoisotopic (exact) mass is 512 g/mol. The third-order valence-electron chi connectivity index (χ3n) is 4.51. The Bertz CT molecular complexity index is 1210. The number of nitrogens with one attached hydrogen (secondary N) is 1. The number of rotatable bonds is 6. The van der Waals surface area contributed by atoms with Gasteiger partial charge in [0, 0.05) is 20.7 Å². The third kappa shape index (κ3) is 5.18. The van der Waals surface area contributed by atoms with Crippen molar-refractivity contribution in [1.29, 1.82) is 0 Å². The molecule has 8 heteroatoms. The van der Waals surface area contributed by atoms with Gasteiger partial charge in [-0.15, -0.1) is 10.2 Å². The van der Waals surface area contributed by atoms with Crippen LogP contribution in [0.5, 0.6) is 0 Å². The van der Waals surface area contributed by atoms with E-state index in [4.69, 9.17) is 11.6 Å². The van der Waals surface area contributed by atoms with Crippen LogP contribution in [0.15, 0.2) is 82.4 Å². The van der Waals surface area contributed by atoms with E-state index in [1.807, 2.05) is 84.3 Å². The summed E-state index contributed by atoms with van der Waals surface area (Å²) < 4.78 is 2.79. The number of thioether (sulfide) groups is 1. The molecule has 0 bridgehead atoms. The van der Waals surface area contributed by atoms with Gasteiger partial charge in [-0.05, 0) is 71.4 Å². The molecule has 3 aromatic carbocycles. The molecule has 1 aromatic heterocycles. The van der Waals surface area contributed by atoms with E-state index >= 15 is 0 Å². The number of carbonyl (C=O) groups excluding carboxylic acids is 1. The van der Waals surface area contributed by atoms with Crippen LogP contribution < -0.4 is 5.32 Å². The van der Waals surface area contributed by atoms with Gasteiger partial charge in [-0.1, -0.05) is 53.2 Å². The van der Waals surface area contributed by atoms with Crippen LogP contribution in [0.1, 0.15) is 5.56 Å². The largest absolute Gasteiger partial charge is 0.324 e. The first-order valence-corrected chi connectivity index (χ1v) is 11.6. The highest BCUT2D eigenvalue weighted by Gasteiger charge is 2.17. The number of benzene rings is 3. The Labute approximate surface area is 198 Å². The zero-order valence-electron chi connectivity index (χ0n) is 16.5. The van der Waals surface area contributed by atoms with Gasteiger partial charge in [0.05, 0.1) is 11.4 Å². The van der Waals surface area contributed by atoms with E-state index in [-0.39, 0.29) is 11.7 Å². The van der Waals surface area contributed by atoms with Crippen LogP contribution in [0.4, 0.5) is 5.69 Å². The van der Waals surface area contributed by atoms with Crippen molar-refractivity contribution in [2.45, 2.75) is 12.1 Å². The smallest absolute Gasteiger partial charge is 0.234 e. The minimum absolute atomic E-state index is 0.122. The number of amides is 1. The molecule has 1 N–H and O–H groups in total. The highest BCUT2D eigenvalue weighted by Crippen LogP contribution is 2.29. The van der Waals surface area contributed by atoms with E-state index in [2.05, 4.69) is 31.4 Å². The first kappa shape index (κ1) is 21.6. The number of aryl methyl sites for hydroxylation is 1. The summed E-state index contributed by atoms with van der Waals surface area (Å²) in [6.45, 7) is 2.04. The van der Waals surface area contributed by atoms with Crippen LogP contribution in [0, 0.1) is 6.92 Å². The average molecular weight is 514 g/mol. The van der Waals surface area contributed by atoms with Crippen molar-refractivity contribution in [2.24, 2.45) is 0 Å². The molecule has 1 heterocycles. The van der Waals surface area contributed by atoms with Crippen LogP contribution in [0.2, 0.25) is 5.02 Å². The number of anilines is 1. The molecule has 0 radical (unpaired) electrons. The number of carbonyl (C=O) groups is 1. The van der Waals surface area contributed by atoms with Gasteiger partial charge in [0.25, 0.3) is 0 Å². The highest BCUT2D eigenvalue weighted by molar-refractivity contribution is 9.10. The van der Waals surface area contributed by atoms with Crippen molar-refractivity contribution in [2.75, 3.05) is 11.1 Å². The maximum atomic E-state index is 12.5. The molecule has 0 fully saturated rings. The van der Waals surface area contributed by atoms with Gasteiger partial charge in [0.2, 0.25) is 5.91 Å². The molecule has 0 atom stereocenters. The van der Waals surface area contributed by atoms with Gasteiger partial charge in [0.15, 0.2) is 11.0 Å². The van der Waals surface area contributed by atoms with E-state index in [1.54, 1.807) is 0 Å². The van der Waals surface area contributed by atoms with E-state index < -0.39 is 0 Å². The summed E-state index contributed by atoms with van der Waals surface area (Å²) in [6.07, 6.45) is 0. The van der Waals surface area contributed by atoms with Crippen LogP contribution in [0.25, 0.3) is 17.1 Å². The molecule has 1 amide bonds. The predicted octanol–water partition coefficient (Wildman–Crippen LogP) is 6.39. The molecule has 0 unspecified atom stereocenters. The Hall–Kier alpha value is -2.61. The van der Waals surface area contributed by atoms with Crippen molar-refractivity contribution in [3.05, 3.63) is 87.9 Å². The fourth-order valence-electron chi connectivity index (χ4n) is 2.95. The van der Waals surface area contributed by atoms with Gasteiger partial charge in [-0.3, -0.25) is 9.36 Å². The summed E-state index contributed by atoms with van der Waals surface area (Å²) in [7, 11) is 0. The molecule has 0 aliphatic rings. The maximum Gasteiger partial charge on any atom is 0.234 e. The van der Waals surface area contributed by atoms with Gasteiger partial charge in [0.1, 0.15) is 0 Å². The quantitative estimate of drug-likeness (QED) is 0.304. The van der Waals surface area contributed by atoms with Crippen molar-refractivity contribution >= 4 is 50.9 Å². The average Bonchev–Trinajstić information content (AvgIpc) is 3.19. The summed E-state index contributed by atoms with van der Waals surface area (Å²) >= 11 is 10.8. The predicted molar refractivity (Wildman–Crippen MR) is 130 cm³/mol. The fraction of sp³-hybridized carbons (Fsp3) is 0.0870. The molecular weight excluding hydrogens is 496 g/mol. The Kier molecular flexibility index (Phi) is 6.75. The highest BCUT2D eigenvalue weighted by atomic mass is 79.9. The second kappa shape index (κ2) is 9.68. The third-order valence-corrected chi connectivity index (χ3v) is 6.38. The van der Waals surface area contributed by atoms with E-state index in [0.717, 1.165) is 27.0 Å². The topological polar surface area (TPSA) is 59.8 Å². The first-order valence-electron chi connectivity index (χ1n) is 9.47. The molecule has 4 aromatic rings. The van der Waals surface area contributed by atoms with Crippen LogP contribution >= 0.6 is 39.3 Å². The zero-order chi connectivity index (χ0) is 21.8. The second-order valence-corrected chi connectivity index (χ2v) is 9.03. The minimum atomic E-state index is -0.122. The standard InChI is InChI=1S/C23H18BrClN4OS/c1-15-6-12-18(13-7-15)29-22(16-8-10-17(25)11-9-16)27-28-23(29)31-14-21(30)26-20-5-3-2-4-19(20)24/h2-13H,14H2,1H3,(H,26,30). The molecular formula is C23H18BrClN4OS. The van der Waals surface area contributed by atoms with E-state index in [9.17, 15) is 4.79 Å². The SMILES string of the molecule is Cc1ccc(-n2c(SCC(=O)Nc3ccccc3Br)nnc2-c2ccc(Cl)cc2)cc1. The molecule has 31 heavy (non-hydrogen) atoms. The molecule has 156 valence electrons. The zero-order valence-corrected chi connectivity index (χ0v) is 19.7. The summed E-state index contributed by atoms with van der Waals surface area (Å²) in [4.78, 5) is 12.5. The van der Waals surface area contributed by atoms with Gasteiger partial charge in [-0.25, -0.2) is 0 Å². The molecule has 4 rings (SSSR count). The summed E-state index contributed by atoms with van der Waals surface area (Å²) in [6, 6.07) is 23.1. The molecule has 0 saturated heterocycles. The molecule has 0 aliphatic carbocycles. The lowest BCUT2D eigenvalue weighted by molar-refractivity contribution is -0.113. The lowest BCUT2D eigenvalue weighted by Crippen LogP contribution is -2.15. The van der Waals surface area contributed by atoms with Crippen molar-refractivity contribution in [3.63, 3.8) is 0 Å². The number of halogens is 2. The Balaban J connectivity index is 1.61. The first-order chi connectivity index (χ1) is 15.0. The summed E-state index contributed by atoms with van der Waals surface area (Å²) in [5.74, 6) is 0.768. The van der Waals surface area contributed by atoms with E-state index in [1.165, 1.54) is 11.8 Å². The van der Waals surface area contributed by atoms with Gasteiger partial charge < -0.3 is 5.32 Å². The van der Waals surface area contributed by atoms with Gasteiger partial charge in [-0.2, -0.15) is 0 Å². The van der Waals surface area contributed by atoms with Crippen LogP contribution in [0.3, 0.4) is 0 Å². The number of nitrogens with zero attached hydrogens (tertiary/aromatic N) is 3. The van der Waals surface area contributed by atoms with Crippen molar-refractivity contribution in [3.8, 4) is 17.1 Å². The number of para-hydroxylation sites is 1. The molecule has 5 nitrogen and oxygen atoms in total.